The van der Waals surface area contributed by atoms with Gasteiger partial charge < -0.3 is 20.5 Å². The second-order valence-electron chi connectivity index (χ2n) is 4.63. The molecule has 1 unspecified atom stereocenters. The largest absolute Gasteiger partial charge is 0.398 e. The second kappa shape index (κ2) is 8.55. The third kappa shape index (κ3) is 5.19. The fraction of sp³-hybridized carbons (Fsp3) is 0.533. The van der Waals surface area contributed by atoms with E-state index in [1.165, 1.54) is 0 Å². The molecular weight excluding hydrogens is 256 g/mol. The summed E-state index contributed by atoms with van der Waals surface area (Å²) in [5.41, 5.74) is 8.03. The van der Waals surface area contributed by atoms with Crippen molar-refractivity contribution in [2.24, 2.45) is 0 Å². The zero-order chi connectivity index (χ0) is 15.0. The van der Waals surface area contributed by atoms with Crippen molar-refractivity contribution in [1.29, 1.82) is 0 Å². The first kappa shape index (κ1) is 16.5. The van der Waals surface area contributed by atoms with E-state index in [9.17, 15) is 4.79 Å². The van der Waals surface area contributed by atoms with E-state index < -0.39 is 6.10 Å². The van der Waals surface area contributed by atoms with Crippen molar-refractivity contribution in [2.75, 3.05) is 30.9 Å². The summed E-state index contributed by atoms with van der Waals surface area (Å²) in [6.45, 7) is 7.26. The lowest BCUT2D eigenvalue weighted by atomic mass is 10.1. The Morgan fingerprint density at radius 1 is 1.35 bits per heavy atom. The van der Waals surface area contributed by atoms with Crippen molar-refractivity contribution in [3.8, 4) is 0 Å². The van der Waals surface area contributed by atoms with Gasteiger partial charge in [0.25, 0.3) is 5.91 Å². The summed E-state index contributed by atoms with van der Waals surface area (Å²) in [6, 6.07) is 5.43. The van der Waals surface area contributed by atoms with Gasteiger partial charge in [0.05, 0.1) is 13.2 Å². The molecule has 112 valence electrons. The highest BCUT2D eigenvalue weighted by Crippen LogP contribution is 2.20. The van der Waals surface area contributed by atoms with Gasteiger partial charge in [-0.05, 0) is 38.0 Å². The maximum absolute atomic E-state index is 12.0. The SMILES string of the molecule is CCCOCCOC(C)C(=O)Nc1cccc(N)c1C. The highest BCUT2D eigenvalue weighted by molar-refractivity contribution is 5.95. The van der Waals surface area contributed by atoms with Crippen molar-refractivity contribution < 1.29 is 14.3 Å². The highest BCUT2D eigenvalue weighted by atomic mass is 16.5. The summed E-state index contributed by atoms with van der Waals surface area (Å²) < 4.78 is 10.7. The molecule has 0 saturated heterocycles. The number of benzene rings is 1. The van der Waals surface area contributed by atoms with Crippen LogP contribution in [0, 0.1) is 6.92 Å². The van der Waals surface area contributed by atoms with Crippen LogP contribution in [0.3, 0.4) is 0 Å². The van der Waals surface area contributed by atoms with Crippen LogP contribution in [-0.4, -0.2) is 31.8 Å². The van der Waals surface area contributed by atoms with Crippen LogP contribution in [0.1, 0.15) is 25.8 Å². The Bertz CT molecular complexity index is 435. The highest BCUT2D eigenvalue weighted by Gasteiger charge is 2.14. The quantitative estimate of drug-likeness (QED) is 0.566. The number of ether oxygens (including phenoxy) is 2. The summed E-state index contributed by atoms with van der Waals surface area (Å²) in [5.74, 6) is -0.186. The minimum Gasteiger partial charge on any atom is -0.398 e. The monoisotopic (exact) mass is 280 g/mol. The van der Waals surface area contributed by atoms with Gasteiger partial charge in [0.2, 0.25) is 0 Å². The number of nitrogens with one attached hydrogen (secondary N) is 1. The molecule has 1 amide bonds. The fourth-order valence-electron chi connectivity index (χ4n) is 1.63. The maximum Gasteiger partial charge on any atom is 0.253 e. The van der Waals surface area contributed by atoms with E-state index in [2.05, 4.69) is 5.32 Å². The van der Waals surface area contributed by atoms with Gasteiger partial charge in [-0.1, -0.05) is 13.0 Å². The number of carbonyl (C=O) groups excluding carboxylic acids is 1. The van der Waals surface area contributed by atoms with Gasteiger partial charge >= 0.3 is 0 Å². The lowest BCUT2D eigenvalue weighted by molar-refractivity contribution is -0.127. The Hall–Kier alpha value is -1.59. The third-order valence-electron chi connectivity index (χ3n) is 2.95. The van der Waals surface area contributed by atoms with Crippen molar-refractivity contribution in [3.63, 3.8) is 0 Å². The van der Waals surface area contributed by atoms with E-state index in [0.717, 1.165) is 12.0 Å². The zero-order valence-electron chi connectivity index (χ0n) is 12.4. The van der Waals surface area contributed by atoms with E-state index >= 15 is 0 Å². The molecule has 0 aliphatic carbocycles. The zero-order valence-corrected chi connectivity index (χ0v) is 12.4. The number of hydrogen-bond donors (Lipinski definition) is 2. The Morgan fingerprint density at radius 3 is 2.80 bits per heavy atom. The van der Waals surface area contributed by atoms with Crippen molar-refractivity contribution in [2.45, 2.75) is 33.3 Å². The Labute approximate surface area is 120 Å². The average molecular weight is 280 g/mol. The van der Waals surface area contributed by atoms with E-state index in [1.54, 1.807) is 13.0 Å². The summed E-state index contributed by atoms with van der Waals surface area (Å²) in [5, 5.41) is 2.82. The fourth-order valence-corrected chi connectivity index (χ4v) is 1.63. The van der Waals surface area contributed by atoms with Gasteiger partial charge in [-0.2, -0.15) is 0 Å². The first-order chi connectivity index (χ1) is 9.56. The minimum atomic E-state index is -0.527. The molecule has 5 heteroatoms. The number of amides is 1. The van der Waals surface area contributed by atoms with Crippen LogP contribution in [0.4, 0.5) is 11.4 Å². The number of rotatable bonds is 8. The molecule has 0 bridgehead atoms. The molecular formula is C15H24N2O3. The minimum absolute atomic E-state index is 0.186. The van der Waals surface area contributed by atoms with Crippen LogP contribution in [-0.2, 0) is 14.3 Å². The molecule has 0 fully saturated rings. The summed E-state index contributed by atoms with van der Waals surface area (Å²) in [6.07, 6.45) is 0.450. The molecule has 1 atom stereocenters. The van der Waals surface area contributed by atoms with Crippen LogP contribution in [0.5, 0.6) is 0 Å². The van der Waals surface area contributed by atoms with Crippen molar-refractivity contribution >= 4 is 17.3 Å². The van der Waals surface area contributed by atoms with E-state index in [4.69, 9.17) is 15.2 Å². The second-order valence-corrected chi connectivity index (χ2v) is 4.63. The van der Waals surface area contributed by atoms with Crippen molar-refractivity contribution in [3.05, 3.63) is 23.8 Å². The molecule has 1 rings (SSSR count). The number of anilines is 2. The molecule has 0 spiro atoms. The van der Waals surface area contributed by atoms with Gasteiger partial charge in [0.15, 0.2) is 0 Å². The number of nitrogens with two attached hydrogens (primary N) is 1. The normalized spacial score (nSPS) is 12.2. The number of carbonyl (C=O) groups is 1. The molecule has 0 aliphatic heterocycles. The van der Waals surface area contributed by atoms with E-state index in [-0.39, 0.29) is 5.91 Å². The maximum atomic E-state index is 12.0. The smallest absolute Gasteiger partial charge is 0.253 e. The lowest BCUT2D eigenvalue weighted by Crippen LogP contribution is -2.29. The van der Waals surface area contributed by atoms with Crippen LogP contribution < -0.4 is 11.1 Å². The number of nitrogen functional groups attached to an aromatic ring is 1. The Morgan fingerprint density at radius 2 is 2.10 bits per heavy atom. The molecule has 0 radical (unpaired) electrons. The molecule has 1 aromatic carbocycles. The number of hydrogen-bond acceptors (Lipinski definition) is 4. The van der Waals surface area contributed by atoms with Crippen LogP contribution in [0.2, 0.25) is 0 Å². The molecule has 20 heavy (non-hydrogen) atoms. The van der Waals surface area contributed by atoms with Gasteiger partial charge in [-0.25, -0.2) is 0 Å². The van der Waals surface area contributed by atoms with Crippen LogP contribution >= 0.6 is 0 Å². The van der Waals surface area contributed by atoms with Crippen LogP contribution in [0.15, 0.2) is 18.2 Å². The van der Waals surface area contributed by atoms with Gasteiger partial charge in [0.1, 0.15) is 6.10 Å². The average Bonchev–Trinajstić information content (AvgIpc) is 2.43. The van der Waals surface area contributed by atoms with Gasteiger partial charge in [-0.3, -0.25) is 4.79 Å². The molecule has 0 aliphatic rings. The van der Waals surface area contributed by atoms with Gasteiger partial charge in [-0.15, -0.1) is 0 Å². The summed E-state index contributed by atoms with van der Waals surface area (Å²) in [7, 11) is 0. The molecule has 1 aromatic rings. The Balaban J connectivity index is 2.39. The van der Waals surface area contributed by atoms with Crippen LogP contribution in [0.25, 0.3) is 0 Å². The van der Waals surface area contributed by atoms with E-state index in [0.29, 0.717) is 31.2 Å². The summed E-state index contributed by atoms with van der Waals surface area (Å²) in [4.78, 5) is 12.0. The first-order valence-corrected chi connectivity index (χ1v) is 6.91. The first-order valence-electron chi connectivity index (χ1n) is 6.91. The molecule has 5 nitrogen and oxygen atoms in total. The predicted molar refractivity (Wildman–Crippen MR) is 80.7 cm³/mol. The van der Waals surface area contributed by atoms with Crippen molar-refractivity contribution in [1.82, 2.24) is 0 Å². The third-order valence-corrected chi connectivity index (χ3v) is 2.95. The molecule has 0 saturated carbocycles. The standard InChI is InChI=1S/C15H24N2O3/c1-4-8-19-9-10-20-12(3)15(18)17-14-7-5-6-13(16)11(14)2/h5-7,12H,4,8-10,16H2,1-3H3,(H,17,18). The summed E-state index contributed by atoms with van der Waals surface area (Å²) >= 11 is 0. The predicted octanol–water partition coefficient (Wildman–Crippen LogP) is 2.35. The topological polar surface area (TPSA) is 73.6 Å². The van der Waals surface area contributed by atoms with Gasteiger partial charge in [0, 0.05) is 18.0 Å². The molecule has 0 heterocycles. The lowest BCUT2D eigenvalue weighted by Gasteiger charge is -2.15. The molecule has 0 aromatic heterocycles. The Kier molecular flexibility index (Phi) is 7.04. The molecule has 3 N–H and O–H groups in total. The van der Waals surface area contributed by atoms with E-state index in [1.807, 2.05) is 26.0 Å².